The molecule has 1 amide bonds. The molecule has 1 aliphatic heterocycles. The van der Waals surface area contributed by atoms with E-state index in [-0.39, 0.29) is 11.9 Å². The van der Waals surface area contributed by atoms with Crippen LogP contribution in [0.2, 0.25) is 0 Å². The van der Waals surface area contributed by atoms with Gasteiger partial charge in [-0.2, -0.15) is 0 Å². The summed E-state index contributed by atoms with van der Waals surface area (Å²) in [6.45, 7) is 6.86. The Hall–Kier alpha value is -1.56. The SMILES string of the molecule is CC[C@H](C)NC(=O)c1cc(N2CCOCC2)on1. The van der Waals surface area contributed by atoms with E-state index in [1.165, 1.54) is 0 Å². The fraction of sp³-hybridized carbons (Fsp3) is 0.667. The second-order valence-electron chi connectivity index (χ2n) is 4.43. The number of aromatic nitrogens is 1. The number of nitrogens with zero attached hydrogens (tertiary/aromatic N) is 2. The van der Waals surface area contributed by atoms with E-state index in [9.17, 15) is 4.79 Å². The molecule has 0 radical (unpaired) electrons. The fourth-order valence-corrected chi connectivity index (χ4v) is 1.71. The third-order valence-corrected chi connectivity index (χ3v) is 3.04. The number of amides is 1. The van der Waals surface area contributed by atoms with Crippen LogP contribution in [0.1, 0.15) is 30.8 Å². The lowest BCUT2D eigenvalue weighted by Gasteiger charge is -2.25. The maximum absolute atomic E-state index is 11.8. The molecule has 1 aliphatic rings. The van der Waals surface area contributed by atoms with E-state index in [1.807, 2.05) is 18.7 Å². The number of rotatable bonds is 4. The number of hydrogen-bond donors (Lipinski definition) is 1. The molecule has 1 saturated heterocycles. The maximum Gasteiger partial charge on any atom is 0.273 e. The molecule has 1 aromatic rings. The first-order valence-electron chi connectivity index (χ1n) is 6.31. The molecule has 1 N–H and O–H groups in total. The monoisotopic (exact) mass is 253 g/mol. The van der Waals surface area contributed by atoms with Crippen molar-refractivity contribution in [3.63, 3.8) is 0 Å². The first-order chi connectivity index (χ1) is 8.70. The Morgan fingerprint density at radius 1 is 1.56 bits per heavy atom. The molecule has 2 heterocycles. The van der Waals surface area contributed by atoms with Crippen LogP contribution in [0.4, 0.5) is 5.88 Å². The van der Waals surface area contributed by atoms with Crippen molar-refractivity contribution < 1.29 is 14.1 Å². The summed E-state index contributed by atoms with van der Waals surface area (Å²) in [6.07, 6.45) is 0.889. The lowest BCUT2D eigenvalue weighted by Crippen LogP contribution is -2.36. The second-order valence-corrected chi connectivity index (χ2v) is 4.43. The van der Waals surface area contributed by atoms with Crippen LogP contribution in [0.15, 0.2) is 10.6 Å². The number of hydrogen-bond acceptors (Lipinski definition) is 5. The van der Waals surface area contributed by atoms with Gasteiger partial charge in [0, 0.05) is 25.2 Å². The molecule has 6 nitrogen and oxygen atoms in total. The van der Waals surface area contributed by atoms with Crippen molar-refractivity contribution in [2.45, 2.75) is 26.3 Å². The van der Waals surface area contributed by atoms with Crippen molar-refractivity contribution in [2.24, 2.45) is 0 Å². The zero-order chi connectivity index (χ0) is 13.0. The van der Waals surface area contributed by atoms with Crippen molar-refractivity contribution in [2.75, 3.05) is 31.2 Å². The van der Waals surface area contributed by atoms with Crippen molar-refractivity contribution in [1.82, 2.24) is 10.5 Å². The van der Waals surface area contributed by atoms with E-state index in [4.69, 9.17) is 9.26 Å². The van der Waals surface area contributed by atoms with Gasteiger partial charge in [-0.15, -0.1) is 0 Å². The third-order valence-electron chi connectivity index (χ3n) is 3.04. The fourth-order valence-electron chi connectivity index (χ4n) is 1.71. The Labute approximate surface area is 106 Å². The van der Waals surface area contributed by atoms with Gasteiger partial charge in [0.2, 0.25) is 5.88 Å². The van der Waals surface area contributed by atoms with Crippen LogP contribution < -0.4 is 10.2 Å². The van der Waals surface area contributed by atoms with Gasteiger partial charge in [0.1, 0.15) is 0 Å². The van der Waals surface area contributed by atoms with Crippen molar-refractivity contribution in [3.05, 3.63) is 11.8 Å². The quantitative estimate of drug-likeness (QED) is 0.868. The largest absolute Gasteiger partial charge is 0.378 e. The molecular formula is C12H19N3O3. The van der Waals surface area contributed by atoms with Gasteiger partial charge in [-0.25, -0.2) is 0 Å². The molecule has 1 atom stereocenters. The third kappa shape index (κ3) is 3.01. The van der Waals surface area contributed by atoms with E-state index in [1.54, 1.807) is 6.07 Å². The Balaban J connectivity index is 1.98. The van der Waals surface area contributed by atoms with E-state index >= 15 is 0 Å². The highest BCUT2D eigenvalue weighted by molar-refractivity contribution is 5.92. The topological polar surface area (TPSA) is 67.6 Å². The Morgan fingerprint density at radius 3 is 2.94 bits per heavy atom. The summed E-state index contributed by atoms with van der Waals surface area (Å²) in [4.78, 5) is 13.9. The summed E-state index contributed by atoms with van der Waals surface area (Å²) >= 11 is 0. The predicted molar refractivity (Wildman–Crippen MR) is 66.8 cm³/mol. The molecule has 0 spiro atoms. The molecule has 2 rings (SSSR count). The average molecular weight is 253 g/mol. The van der Waals surface area contributed by atoms with Gasteiger partial charge in [-0.1, -0.05) is 12.1 Å². The van der Waals surface area contributed by atoms with Crippen LogP contribution in [0.5, 0.6) is 0 Å². The van der Waals surface area contributed by atoms with Gasteiger partial charge in [0.15, 0.2) is 5.69 Å². The number of anilines is 1. The summed E-state index contributed by atoms with van der Waals surface area (Å²) in [5, 5.41) is 6.67. The molecule has 18 heavy (non-hydrogen) atoms. The Bertz CT molecular complexity index is 399. The summed E-state index contributed by atoms with van der Waals surface area (Å²) in [5.74, 6) is 0.445. The summed E-state index contributed by atoms with van der Waals surface area (Å²) in [6, 6.07) is 1.82. The van der Waals surface area contributed by atoms with Crippen LogP contribution in [0, 0.1) is 0 Å². The molecule has 100 valence electrons. The number of morpholine rings is 1. The van der Waals surface area contributed by atoms with E-state index in [0.29, 0.717) is 24.8 Å². The van der Waals surface area contributed by atoms with Gasteiger partial charge in [-0.3, -0.25) is 4.79 Å². The standard InChI is InChI=1S/C12H19N3O3/c1-3-9(2)13-12(16)10-8-11(18-14-10)15-4-6-17-7-5-15/h8-9H,3-7H2,1-2H3,(H,13,16)/t9-/m0/s1. The number of ether oxygens (including phenoxy) is 1. The van der Waals surface area contributed by atoms with E-state index in [0.717, 1.165) is 19.5 Å². The molecule has 0 saturated carbocycles. The van der Waals surface area contributed by atoms with Gasteiger partial charge in [0.05, 0.1) is 13.2 Å². The van der Waals surface area contributed by atoms with Crippen LogP contribution in [0.25, 0.3) is 0 Å². The van der Waals surface area contributed by atoms with Gasteiger partial charge < -0.3 is 19.5 Å². The molecule has 0 unspecified atom stereocenters. The molecule has 1 fully saturated rings. The number of nitrogens with one attached hydrogen (secondary N) is 1. The highest BCUT2D eigenvalue weighted by Gasteiger charge is 2.19. The highest BCUT2D eigenvalue weighted by Crippen LogP contribution is 2.17. The molecule has 0 aromatic carbocycles. The smallest absolute Gasteiger partial charge is 0.273 e. The minimum atomic E-state index is -0.187. The maximum atomic E-state index is 11.8. The van der Waals surface area contributed by atoms with Gasteiger partial charge in [0.25, 0.3) is 5.91 Å². The van der Waals surface area contributed by atoms with Crippen LogP contribution >= 0.6 is 0 Å². The van der Waals surface area contributed by atoms with E-state index in [2.05, 4.69) is 10.5 Å². The normalized spacial score (nSPS) is 17.6. The average Bonchev–Trinajstić information content (AvgIpc) is 2.89. The number of carbonyl (C=O) groups is 1. The predicted octanol–water partition coefficient (Wildman–Crippen LogP) is 1.04. The lowest BCUT2D eigenvalue weighted by atomic mass is 10.2. The van der Waals surface area contributed by atoms with Crippen molar-refractivity contribution in [3.8, 4) is 0 Å². The van der Waals surface area contributed by atoms with Gasteiger partial charge in [-0.05, 0) is 13.3 Å². The summed E-state index contributed by atoms with van der Waals surface area (Å²) in [5.41, 5.74) is 0.330. The number of carbonyl (C=O) groups excluding carboxylic acids is 1. The van der Waals surface area contributed by atoms with Gasteiger partial charge >= 0.3 is 0 Å². The lowest BCUT2D eigenvalue weighted by molar-refractivity contribution is 0.0930. The Morgan fingerprint density at radius 2 is 2.28 bits per heavy atom. The Kier molecular flexibility index (Phi) is 4.19. The zero-order valence-corrected chi connectivity index (χ0v) is 10.8. The van der Waals surface area contributed by atoms with Crippen molar-refractivity contribution >= 4 is 11.8 Å². The minimum Gasteiger partial charge on any atom is -0.378 e. The van der Waals surface area contributed by atoms with Crippen LogP contribution in [-0.4, -0.2) is 43.4 Å². The van der Waals surface area contributed by atoms with Crippen molar-refractivity contribution in [1.29, 1.82) is 0 Å². The highest BCUT2D eigenvalue weighted by atomic mass is 16.5. The minimum absolute atomic E-state index is 0.140. The molecule has 6 heteroatoms. The molecule has 0 bridgehead atoms. The van der Waals surface area contributed by atoms with E-state index < -0.39 is 0 Å². The summed E-state index contributed by atoms with van der Waals surface area (Å²) in [7, 11) is 0. The zero-order valence-electron chi connectivity index (χ0n) is 10.8. The first kappa shape index (κ1) is 12.9. The second kappa shape index (κ2) is 5.86. The first-order valence-corrected chi connectivity index (χ1v) is 6.31. The van der Waals surface area contributed by atoms with Crippen LogP contribution in [0.3, 0.4) is 0 Å². The molecule has 0 aliphatic carbocycles. The summed E-state index contributed by atoms with van der Waals surface area (Å²) < 4.78 is 10.5. The molecule has 1 aromatic heterocycles. The van der Waals surface area contributed by atoms with Crippen LogP contribution in [-0.2, 0) is 4.74 Å². The molecular weight excluding hydrogens is 234 g/mol.